The summed E-state index contributed by atoms with van der Waals surface area (Å²) >= 11 is 1.56. The van der Waals surface area contributed by atoms with Crippen LogP contribution >= 0.6 is 35.3 Å². The first-order valence-electron chi connectivity index (χ1n) is 11.1. The molecule has 0 spiro atoms. The molecule has 1 aromatic heterocycles. The van der Waals surface area contributed by atoms with Crippen LogP contribution in [0.1, 0.15) is 43.2 Å². The third kappa shape index (κ3) is 7.07. The molecule has 3 atom stereocenters. The summed E-state index contributed by atoms with van der Waals surface area (Å²) in [4.78, 5) is 8.06. The van der Waals surface area contributed by atoms with E-state index in [-0.39, 0.29) is 24.0 Å². The van der Waals surface area contributed by atoms with Crippen molar-refractivity contribution in [3.05, 3.63) is 52.2 Å². The first-order valence-corrected chi connectivity index (χ1v) is 11.9. The Balaban J connectivity index is 0.00000363. The molecular weight excluding hydrogens is 535 g/mol. The van der Waals surface area contributed by atoms with Crippen molar-refractivity contribution in [2.45, 2.75) is 38.3 Å². The van der Waals surface area contributed by atoms with Crippen molar-refractivity contribution in [2.75, 3.05) is 40.3 Å². The molecule has 3 rings (SSSR count). The van der Waals surface area contributed by atoms with E-state index in [0.717, 1.165) is 36.2 Å². The topological polar surface area (TPSA) is 69.1 Å². The summed E-state index contributed by atoms with van der Waals surface area (Å²) in [5.74, 6) is 2.10. The molecule has 3 N–H and O–H groups in total. The lowest BCUT2D eigenvalue weighted by Gasteiger charge is -2.40. The molecule has 1 aromatic carbocycles. The van der Waals surface area contributed by atoms with Crippen molar-refractivity contribution in [1.29, 1.82) is 0 Å². The number of hydrogen-bond donors (Lipinski definition) is 3. The van der Waals surface area contributed by atoms with Gasteiger partial charge in [0, 0.05) is 24.0 Å². The van der Waals surface area contributed by atoms with Crippen LogP contribution in [0.5, 0.6) is 5.75 Å². The summed E-state index contributed by atoms with van der Waals surface area (Å²) < 4.78 is 5.33. The summed E-state index contributed by atoms with van der Waals surface area (Å²) in [6, 6.07) is 12.7. The number of guanidine groups is 1. The Morgan fingerprint density at radius 3 is 2.66 bits per heavy atom. The van der Waals surface area contributed by atoms with Crippen LogP contribution in [0.25, 0.3) is 0 Å². The normalized spacial score (nSPS) is 21.3. The first-order chi connectivity index (χ1) is 14.9. The minimum absolute atomic E-state index is 0. The number of aliphatic imine (C=N–C) groups is 1. The molecule has 1 fully saturated rings. The third-order valence-corrected chi connectivity index (χ3v) is 7.06. The lowest BCUT2D eigenvalue weighted by Crippen LogP contribution is -2.45. The van der Waals surface area contributed by atoms with Crippen LogP contribution in [0.2, 0.25) is 0 Å². The van der Waals surface area contributed by atoms with Crippen molar-refractivity contribution in [2.24, 2.45) is 10.9 Å². The standard InChI is InChI=1S/C24H36N4O2S.HI/c1-5-25-23(27-17-24(2,29)21-9-7-15-31-21)26-16-19-8-6-14-28(3)22(19)18-10-12-20(30-4)13-11-18;/h7,9-13,15,19,22,29H,5-6,8,14,16-17H2,1-4H3,(H2,25,26,27);1H. The van der Waals surface area contributed by atoms with Gasteiger partial charge in [-0.1, -0.05) is 18.2 Å². The summed E-state index contributed by atoms with van der Waals surface area (Å²) in [5, 5.41) is 19.6. The van der Waals surface area contributed by atoms with E-state index in [4.69, 9.17) is 4.74 Å². The van der Waals surface area contributed by atoms with E-state index in [0.29, 0.717) is 18.5 Å². The van der Waals surface area contributed by atoms with Crippen molar-refractivity contribution < 1.29 is 9.84 Å². The predicted octanol–water partition coefficient (Wildman–Crippen LogP) is 4.22. The van der Waals surface area contributed by atoms with Gasteiger partial charge in [-0.05, 0) is 75.3 Å². The molecule has 2 aromatic rings. The highest BCUT2D eigenvalue weighted by Crippen LogP contribution is 2.35. The number of likely N-dealkylation sites (tertiary alicyclic amines) is 1. The van der Waals surface area contributed by atoms with Gasteiger partial charge in [-0.2, -0.15) is 0 Å². The van der Waals surface area contributed by atoms with Gasteiger partial charge in [0.1, 0.15) is 11.4 Å². The molecule has 178 valence electrons. The lowest BCUT2D eigenvalue weighted by molar-refractivity contribution is 0.0711. The van der Waals surface area contributed by atoms with Crippen LogP contribution in [-0.4, -0.2) is 56.3 Å². The number of ether oxygens (including phenoxy) is 1. The minimum Gasteiger partial charge on any atom is -0.497 e. The Morgan fingerprint density at radius 2 is 2.03 bits per heavy atom. The van der Waals surface area contributed by atoms with Gasteiger partial charge < -0.3 is 20.5 Å². The molecule has 0 amide bonds. The molecule has 3 unspecified atom stereocenters. The van der Waals surface area contributed by atoms with Gasteiger partial charge in [-0.25, -0.2) is 4.99 Å². The van der Waals surface area contributed by atoms with Gasteiger partial charge >= 0.3 is 0 Å². The van der Waals surface area contributed by atoms with E-state index in [1.165, 1.54) is 18.4 Å². The summed E-state index contributed by atoms with van der Waals surface area (Å²) in [7, 11) is 3.91. The van der Waals surface area contributed by atoms with E-state index < -0.39 is 5.60 Å². The number of rotatable bonds is 8. The molecule has 1 saturated heterocycles. The smallest absolute Gasteiger partial charge is 0.191 e. The van der Waals surface area contributed by atoms with Gasteiger partial charge in [-0.15, -0.1) is 35.3 Å². The lowest BCUT2D eigenvalue weighted by atomic mass is 9.85. The number of thiophene rings is 1. The predicted molar refractivity (Wildman–Crippen MR) is 144 cm³/mol. The second-order valence-corrected chi connectivity index (χ2v) is 9.38. The number of hydrogen-bond acceptors (Lipinski definition) is 5. The molecule has 6 nitrogen and oxygen atoms in total. The average molecular weight is 573 g/mol. The number of piperidine rings is 1. The largest absolute Gasteiger partial charge is 0.497 e. The fourth-order valence-electron chi connectivity index (χ4n) is 4.27. The number of nitrogens with zero attached hydrogens (tertiary/aromatic N) is 2. The minimum atomic E-state index is -0.965. The molecule has 8 heteroatoms. The Morgan fingerprint density at radius 1 is 1.28 bits per heavy atom. The highest BCUT2D eigenvalue weighted by molar-refractivity contribution is 14.0. The van der Waals surface area contributed by atoms with Crippen LogP contribution in [0.3, 0.4) is 0 Å². The molecule has 0 bridgehead atoms. The Labute approximate surface area is 213 Å². The highest BCUT2D eigenvalue weighted by Gasteiger charge is 2.31. The molecular formula is C24H37IN4O2S. The second kappa shape index (κ2) is 12.8. The quantitative estimate of drug-likeness (QED) is 0.251. The van der Waals surface area contributed by atoms with Crippen molar-refractivity contribution in [3.63, 3.8) is 0 Å². The molecule has 32 heavy (non-hydrogen) atoms. The number of methoxy groups -OCH3 is 1. The maximum atomic E-state index is 10.8. The maximum Gasteiger partial charge on any atom is 0.191 e. The molecule has 0 saturated carbocycles. The summed E-state index contributed by atoms with van der Waals surface area (Å²) in [5.41, 5.74) is 0.352. The zero-order chi connectivity index (χ0) is 22.3. The Bertz CT molecular complexity index is 827. The van der Waals surface area contributed by atoms with E-state index in [1.54, 1.807) is 18.4 Å². The fourth-order valence-corrected chi connectivity index (χ4v) is 5.05. The Hall–Kier alpha value is -1.36. The highest BCUT2D eigenvalue weighted by atomic mass is 127. The number of nitrogens with one attached hydrogen (secondary N) is 2. The SMILES string of the molecule is CCNC(=NCC(C)(O)c1cccs1)NCC1CCCN(C)C1c1ccc(OC)cc1.I. The van der Waals surface area contributed by atoms with E-state index in [2.05, 4.69) is 46.6 Å². The molecule has 1 aliphatic heterocycles. The van der Waals surface area contributed by atoms with Crippen LogP contribution in [0, 0.1) is 5.92 Å². The van der Waals surface area contributed by atoms with Crippen LogP contribution in [0.4, 0.5) is 0 Å². The van der Waals surface area contributed by atoms with Crippen LogP contribution in [-0.2, 0) is 5.60 Å². The second-order valence-electron chi connectivity index (χ2n) is 8.43. The van der Waals surface area contributed by atoms with Crippen LogP contribution < -0.4 is 15.4 Å². The third-order valence-electron chi connectivity index (χ3n) is 5.94. The van der Waals surface area contributed by atoms with Gasteiger partial charge in [-0.3, -0.25) is 4.90 Å². The first kappa shape index (κ1) is 26.9. The van der Waals surface area contributed by atoms with Gasteiger partial charge in [0.2, 0.25) is 0 Å². The van der Waals surface area contributed by atoms with E-state index in [1.807, 2.05) is 36.6 Å². The number of aliphatic hydroxyl groups is 1. The van der Waals surface area contributed by atoms with Gasteiger partial charge in [0.05, 0.1) is 13.7 Å². The van der Waals surface area contributed by atoms with E-state index in [9.17, 15) is 5.11 Å². The molecule has 1 aliphatic rings. The van der Waals surface area contributed by atoms with Gasteiger partial charge in [0.15, 0.2) is 5.96 Å². The maximum absolute atomic E-state index is 10.8. The summed E-state index contributed by atoms with van der Waals surface area (Å²) in [6.45, 7) is 6.90. The van der Waals surface area contributed by atoms with Crippen molar-refractivity contribution >= 4 is 41.3 Å². The summed E-state index contributed by atoms with van der Waals surface area (Å²) in [6.07, 6.45) is 2.36. The molecule has 0 aliphatic carbocycles. The monoisotopic (exact) mass is 572 g/mol. The number of halogens is 1. The fraction of sp³-hybridized carbons (Fsp3) is 0.542. The van der Waals surface area contributed by atoms with Gasteiger partial charge in [0.25, 0.3) is 0 Å². The molecule has 0 radical (unpaired) electrons. The van der Waals surface area contributed by atoms with E-state index >= 15 is 0 Å². The zero-order valence-electron chi connectivity index (χ0n) is 19.5. The number of benzene rings is 1. The van der Waals surface area contributed by atoms with Crippen molar-refractivity contribution in [1.82, 2.24) is 15.5 Å². The zero-order valence-corrected chi connectivity index (χ0v) is 22.7. The Kier molecular flexibility index (Phi) is 10.7. The van der Waals surface area contributed by atoms with Crippen molar-refractivity contribution in [3.8, 4) is 5.75 Å². The van der Waals surface area contributed by atoms with Crippen LogP contribution in [0.15, 0.2) is 46.8 Å². The average Bonchev–Trinajstić information content (AvgIpc) is 3.32. The molecule has 2 heterocycles.